The number of piperazine rings is 1. The molecule has 0 N–H and O–H groups in total. The van der Waals surface area contributed by atoms with Gasteiger partial charge in [-0.15, -0.1) is 0 Å². The normalized spacial score (nSPS) is 15.9. The molecule has 1 aliphatic heterocycles. The Morgan fingerprint density at radius 2 is 1.40 bits per heavy atom. The fourth-order valence-corrected chi connectivity index (χ4v) is 4.62. The number of hydrogen-bond acceptors (Lipinski definition) is 4. The summed E-state index contributed by atoms with van der Waals surface area (Å²) in [7, 11) is 3.46. The summed E-state index contributed by atoms with van der Waals surface area (Å²) in [5, 5.41) is 0. The summed E-state index contributed by atoms with van der Waals surface area (Å²) >= 11 is 2.04. The molecule has 0 unspecified atom stereocenters. The lowest BCUT2D eigenvalue weighted by Gasteiger charge is -2.34. The molecule has 5 nitrogen and oxygen atoms in total. The number of hydrogen-bond donors (Lipinski definition) is 0. The maximum atomic E-state index is 13.4. The molecule has 1 saturated heterocycles. The van der Waals surface area contributed by atoms with Gasteiger partial charge < -0.3 is 14.7 Å². The van der Waals surface area contributed by atoms with Crippen LogP contribution in [0.25, 0.3) is 0 Å². The highest BCUT2D eigenvalue weighted by molar-refractivity contribution is 14.1. The van der Waals surface area contributed by atoms with Gasteiger partial charge in [-0.3, -0.25) is 4.79 Å². The highest BCUT2D eigenvalue weighted by Crippen LogP contribution is 2.40. The molecule has 35 heavy (non-hydrogen) atoms. The van der Waals surface area contributed by atoms with Crippen LogP contribution in [0.3, 0.4) is 0 Å². The van der Waals surface area contributed by atoms with Gasteiger partial charge in [0, 0.05) is 36.8 Å². The fraction of sp³-hybridized carbons (Fsp3) is 0.478. The van der Waals surface area contributed by atoms with Crippen molar-refractivity contribution in [3.63, 3.8) is 0 Å². The molecule has 0 saturated carbocycles. The molecular weight excluding hydrogens is 589 g/mol. The average Bonchev–Trinajstić information content (AvgIpc) is 2.77. The Labute approximate surface area is 213 Å². The molecule has 3 rings (SSSR count). The Hall–Kier alpha value is -2.09. The maximum absolute atomic E-state index is 13.4. The number of likely N-dealkylation sites (N-methyl/N-ethyl adjacent to an activating group) is 2. The van der Waals surface area contributed by atoms with Crippen LogP contribution in [-0.2, 0) is 22.6 Å². The van der Waals surface area contributed by atoms with Gasteiger partial charge >= 0.3 is 12.4 Å². The van der Waals surface area contributed by atoms with E-state index in [1.54, 1.807) is 0 Å². The number of halogens is 7. The zero-order valence-electron chi connectivity index (χ0n) is 19.6. The molecule has 0 spiro atoms. The minimum Gasteiger partial charge on any atom is -0.354 e. The number of rotatable bonds is 4. The lowest BCUT2D eigenvalue weighted by atomic mass is 9.81. The van der Waals surface area contributed by atoms with E-state index in [4.69, 9.17) is 0 Å². The molecule has 1 aromatic heterocycles. The Balaban J connectivity index is 1.93. The van der Waals surface area contributed by atoms with Crippen LogP contribution in [0.2, 0.25) is 0 Å². The molecule has 2 heterocycles. The Morgan fingerprint density at radius 1 is 0.914 bits per heavy atom. The predicted molar refractivity (Wildman–Crippen MR) is 130 cm³/mol. The van der Waals surface area contributed by atoms with E-state index in [1.165, 1.54) is 32.0 Å². The molecule has 1 amide bonds. The summed E-state index contributed by atoms with van der Waals surface area (Å²) in [5.74, 6) is 0.0658. The van der Waals surface area contributed by atoms with Gasteiger partial charge in [-0.2, -0.15) is 26.3 Å². The van der Waals surface area contributed by atoms with Crippen molar-refractivity contribution in [3.8, 4) is 0 Å². The number of nitrogens with zero attached hydrogens (tertiary/aromatic N) is 4. The van der Waals surface area contributed by atoms with Crippen LogP contribution < -0.4 is 9.80 Å². The zero-order valence-corrected chi connectivity index (χ0v) is 21.7. The number of alkyl halides is 6. The van der Waals surface area contributed by atoms with Crippen LogP contribution in [0, 0.1) is 3.57 Å². The van der Waals surface area contributed by atoms with E-state index in [9.17, 15) is 31.1 Å². The van der Waals surface area contributed by atoms with Gasteiger partial charge in [-0.25, -0.2) is 4.98 Å². The molecule has 0 radical (unpaired) electrons. The van der Waals surface area contributed by atoms with E-state index >= 15 is 0 Å². The largest absolute Gasteiger partial charge is 0.416 e. The Morgan fingerprint density at radius 3 is 1.86 bits per heavy atom. The van der Waals surface area contributed by atoms with E-state index in [0.29, 0.717) is 21.4 Å². The smallest absolute Gasteiger partial charge is 0.354 e. The topological polar surface area (TPSA) is 39.7 Å². The van der Waals surface area contributed by atoms with Crippen molar-refractivity contribution in [2.45, 2.75) is 31.6 Å². The lowest BCUT2D eigenvalue weighted by Crippen LogP contribution is -2.45. The average molecular weight is 614 g/mol. The van der Waals surface area contributed by atoms with Gasteiger partial charge in [0.2, 0.25) is 5.91 Å². The van der Waals surface area contributed by atoms with Crippen LogP contribution >= 0.6 is 22.6 Å². The lowest BCUT2D eigenvalue weighted by molar-refractivity contribution is -0.143. The Kier molecular flexibility index (Phi) is 7.66. The van der Waals surface area contributed by atoms with Gasteiger partial charge in [0.1, 0.15) is 5.82 Å². The minimum absolute atomic E-state index is 0.0533. The van der Waals surface area contributed by atoms with E-state index in [1.807, 2.05) is 35.7 Å². The molecule has 0 bridgehead atoms. The molecule has 12 heteroatoms. The first-order valence-corrected chi connectivity index (χ1v) is 11.8. The van der Waals surface area contributed by atoms with Crippen molar-refractivity contribution in [2.75, 3.05) is 50.1 Å². The monoisotopic (exact) mass is 614 g/mol. The first-order chi connectivity index (χ1) is 16.0. The van der Waals surface area contributed by atoms with E-state index in [2.05, 4.69) is 14.8 Å². The quantitative estimate of drug-likeness (QED) is 0.341. The number of carbonyl (C=O) groups excluding carboxylic acids is 1. The standard InChI is InChI=1S/C23H25F6IN4O/c1-21(2,14-9-15(22(24,25)26)11-16(10-14)23(27,28)29)20(35)33(4)18-13-31-19(12-17(18)30)34-7-5-32(3)6-8-34/h9-13H,5-8H2,1-4H3. The molecule has 1 fully saturated rings. The predicted octanol–water partition coefficient (Wildman–Crippen LogP) is 5.42. The van der Waals surface area contributed by atoms with Gasteiger partial charge in [0.25, 0.3) is 0 Å². The highest BCUT2D eigenvalue weighted by Gasteiger charge is 2.41. The number of aromatic nitrogens is 1. The number of carbonyl (C=O) groups is 1. The summed E-state index contributed by atoms with van der Waals surface area (Å²) in [6.45, 7) is 5.95. The van der Waals surface area contributed by atoms with Crippen molar-refractivity contribution in [1.82, 2.24) is 9.88 Å². The van der Waals surface area contributed by atoms with Crippen molar-refractivity contribution < 1.29 is 31.1 Å². The van der Waals surface area contributed by atoms with Crippen LogP contribution in [0.4, 0.5) is 37.8 Å². The van der Waals surface area contributed by atoms with Crippen molar-refractivity contribution in [2.24, 2.45) is 0 Å². The molecular formula is C23H25F6IN4O. The van der Waals surface area contributed by atoms with E-state index in [-0.39, 0.29) is 11.6 Å². The SMILES string of the molecule is CN1CCN(c2cc(I)c(N(C)C(=O)C(C)(C)c3cc(C(F)(F)F)cc(C(F)(F)F)c3)cn2)CC1. The molecule has 1 aromatic carbocycles. The summed E-state index contributed by atoms with van der Waals surface area (Å²) in [6, 6.07) is 3.06. The number of pyridine rings is 1. The van der Waals surface area contributed by atoms with E-state index < -0.39 is 34.8 Å². The van der Waals surface area contributed by atoms with Crippen LogP contribution in [0.5, 0.6) is 0 Å². The summed E-state index contributed by atoms with van der Waals surface area (Å²) in [6.07, 6.45) is -8.50. The van der Waals surface area contributed by atoms with Crippen LogP contribution in [0.15, 0.2) is 30.5 Å². The zero-order chi connectivity index (χ0) is 26.3. The number of benzene rings is 1. The van der Waals surface area contributed by atoms with Gasteiger partial charge in [-0.05, 0) is 73.3 Å². The third-order valence-electron chi connectivity index (χ3n) is 6.16. The van der Waals surface area contributed by atoms with Crippen LogP contribution in [-0.4, -0.2) is 56.1 Å². The molecule has 0 atom stereocenters. The highest BCUT2D eigenvalue weighted by atomic mass is 127. The van der Waals surface area contributed by atoms with Crippen molar-refractivity contribution in [1.29, 1.82) is 0 Å². The van der Waals surface area contributed by atoms with Gasteiger partial charge in [-0.1, -0.05) is 0 Å². The third kappa shape index (κ3) is 6.01. The van der Waals surface area contributed by atoms with E-state index in [0.717, 1.165) is 32.0 Å². The number of anilines is 2. The summed E-state index contributed by atoms with van der Waals surface area (Å²) < 4.78 is 80.7. The first kappa shape index (κ1) is 27.5. The van der Waals surface area contributed by atoms with Gasteiger partial charge in [0.05, 0.1) is 28.4 Å². The second kappa shape index (κ2) is 9.75. The minimum atomic E-state index is -5.00. The second-order valence-corrected chi connectivity index (χ2v) is 10.2. The number of amides is 1. The fourth-order valence-electron chi connectivity index (χ4n) is 3.84. The Bertz CT molecular complexity index is 1060. The summed E-state index contributed by atoms with van der Waals surface area (Å²) in [5.41, 5.74) is -4.58. The van der Waals surface area contributed by atoms with Gasteiger partial charge in [0.15, 0.2) is 0 Å². The second-order valence-electron chi connectivity index (χ2n) is 9.07. The summed E-state index contributed by atoms with van der Waals surface area (Å²) in [4.78, 5) is 23.4. The first-order valence-electron chi connectivity index (χ1n) is 10.7. The molecule has 2 aromatic rings. The molecule has 0 aliphatic carbocycles. The third-order valence-corrected chi connectivity index (χ3v) is 7.02. The van der Waals surface area contributed by atoms with Crippen molar-refractivity contribution >= 4 is 40.0 Å². The maximum Gasteiger partial charge on any atom is 0.416 e. The molecule has 192 valence electrons. The van der Waals surface area contributed by atoms with Crippen LogP contribution in [0.1, 0.15) is 30.5 Å². The van der Waals surface area contributed by atoms with Crippen molar-refractivity contribution in [3.05, 3.63) is 50.7 Å². The molecule has 1 aliphatic rings.